The van der Waals surface area contributed by atoms with Crippen LogP contribution in [0.15, 0.2) is 30.3 Å². The van der Waals surface area contributed by atoms with Gasteiger partial charge >= 0.3 is 7.60 Å². The van der Waals surface area contributed by atoms with Crippen LogP contribution in [0, 0.1) is 0 Å². The minimum atomic E-state index is -2.81. The van der Waals surface area contributed by atoms with Crippen molar-refractivity contribution in [1.29, 1.82) is 0 Å². The van der Waals surface area contributed by atoms with E-state index in [-0.39, 0.29) is 0 Å². The van der Waals surface area contributed by atoms with Crippen LogP contribution in [0.25, 0.3) is 0 Å². The van der Waals surface area contributed by atoms with Gasteiger partial charge in [0.15, 0.2) is 0 Å². The molecule has 1 aromatic rings. The van der Waals surface area contributed by atoms with E-state index >= 15 is 0 Å². The first-order valence-electron chi connectivity index (χ1n) is 5.66. The number of nitrogens with one attached hydrogen (secondary N) is 1. The normalized spacial score (nSPS) is 14.5. The van der Waals surface area contributed by atoms with Gasteiger partial charge in [0.2, 0.25) is 0 Å². The Kier molecular flexibility index (Phi) is 6.45. The van der Waals surface area contributed by atoms with E-state index in [0.717, 1.165) is 19.5 Å². The molecule has 1 aromatic carbocycles. The van der Waals surface area contributed by atoms with Crippen molar-refractivity contribution in [2.45, 2.75) is 13.0 Å². The van der Waals surface area contributed by atoms with Gasteiger partial charge in [-0.25, -0.2) is 0 Å². The predicted molar refractivity (Wildman–Crippen MR) is 69.3 cm³/mol. The molecule has 0 aliphatic rings. The zero-order valence-corrected chi connectivity index (χ0v) is 11.3. The van der Waals surface area contributed by atoms with E-state index in [4.69, 9.17) is 9.05 Å². The van der Waals surface area contributed by atoms with E-state index in [1.165, 1.54) is 19.3 Å². The highest BCUT2D eigenvalue weighted by atomic mass is 31.2. The van der Waals surface area contributed by atoms with E-state index in [1.807, 2.05) is 18.2 Å². The van der Waals surface area contributed by atoms with Gasteiger partial charge in [0.05, 0.1) is 6.61 Å². The molecule has 1 unspecified atom stereocenters. The Balaban J connectivity index is 2.04. The lowest BCUT2D eigenvalue weighted by molar-refractivity contribution is 0.235. The van der Waals surface area contributed by atoms with Crippen LogP contribution in [-0.2, 0) is 20.2 Å². The fraction of sp³-hybridized carbons (Fsp3) is 0.500. The van der Waals surface area contributed by atoms with Gasteiger partial charge in [-0.05, 0) is 18.5 Å². The van der Waals surface area contributed by atoms with Gasteiger partial charge in [0.25, 0.3) is 0 Å². The molecule has 1 N–H and O–H groups in total. The molecule has 0 saturated heterocycles. The molecule has 1 rings (SSSR count). The number of rotatable bonds is 8. The quantitative estimate of drug-likeness (QED) is 0.574. The average molecular weight is 257 g/mol. The van der Waals surface area contributed by atoms with E-state index < -0.39 is 7.60 Å². The van der Waals surface area contributed by atoms with Gasteiger partial charge in [-0.1, -0.05) is 30.3 Å². The fourth-order valence-electron chi connectivity index (χ4n) is 1.31. The molecule has 96 valence electrons. The van der Waals surface area contributed by atoms with Gasteiger partial charge in [0, 0.05) is 20.3 Å². The van der Waals surface area contributed by atoms with E-state index in [1.54, 1.807) is 0 Å². The Morgan fingerprint density at radius 3 is 2.65 bits per heavy atom. The van der Waals surface area contributed by atoms with Crippen molar-refractivity contribution < 1.29 is 13.6 Å². The summed E-state index contributed by atoms with van der Waals surface area (Å²) in [6.07, 6.45) is 0.814. The molecule has 0 spiro atoms. The summed E-state index contributed by atoms with van der Waals surface area (Å²) in [5.41, 5.74) is 1.26. The van der Waals surface area contributed by atoms with Crippen LogP contribution in [0.2, 0.25) is 0 Å². The largest absolute Gasteiger partial charge is 0.327 e. The third kappa shape index (κ3) is 6.59. The molecule has 1 atom stereocenters. The average Bonchev–Trinajstić information content (AvgIpc) is 2.35. The Morgan fingerprint density at radius 2 is 2.00 bits per heavy atom. The summed E-state index contributed by atoms with van der Waals surface area (Å²) in [4.78, 5) is 0. The summed E-state index contributed by atoms with van der Waals surface area (Å²) >= 11 is 0. The Morgan fingerprint density at radius 1 is 1.29 bits per heavy atom. The van der Waals surface area contributed by atoms with Crippen LogP contribution in [-0.4, -0.2) is 26.9 Å². The Labute approximate surface area is 103 Å². The molecule has 0 amide bonds. The molecular weight excluding hydrogens is 237 g/mol. The monoisotopic (exact) mass is 257 g/mol. The van der Waals surface area contributed by atoms with Crippen molar-refractivity contribution in [1.82, 2.24) is 5.32 Å². The molecule has 5 heteroatoms. The summed E-state index contributed by atoms with van der Waals surface area (Å²) in [7, 11) is -1.41. The molecule has 0 aliphatic heterocycles. The highest BCUT2D eigenvalue weighted by Gasteiger charge is 2.12. The minimum Gasteiger partial charge on any atom is -0.313 e. The third-order valence-corrected chi connectivity index (χ3v) is 3.64. The second-order valence-electron chi connectivity index (χ2n) is 3.80. The topological polar surface area (TPSA) is 47.6 Å². The van der Waals surface area contributed by atoms with E-state index in [0.29, 0.717) is 6.61 Å². The number of hydrogen-bond acceptors (Lipinski definition) is 4. The third-order valence-electron chi connectivity index (χ3n) is 2.33. The SMILES string of the molecule is COP(C)(=O)OCCCNCc1ccccc1. The van der Waals surface area contributed by atoms with Gasteiger partial charge < -0.3 is 14.4 Å². The molecule has 4 nitrogen and oxygen atoms in total. The fourth-order valence-corrected chi connectivity index (χ4v) is 1.87. The van der Waals surface area contributed by atoms with Crippen LogP contribution < -0.4 is 5.32 Å². The highest BCUT2D eigenvalue weighted by Crippen LogP contribution is 2.42. The van der Waals surface area contributed by atoms with Crippen molar-refractivity contribution in [3.63, 3.8) is 0 Å². The maximum absolute atomic E-state index is 11.4. The standard InChI is InChI=1S/C12H20NO3P/c1-15-17(2,14)16-10-6-9-13-11-12-7-4-3-5-8-12/h3-5,7-8,13H,6,9-11H2,1-2H3. The first-order chi connectivity index (χ1) is 8.14. The summed E-state index contributed by atoms with van der Waals surface area (Å²) in [6.45, 7) is 3.60. The van der Waals surface area contributed by atoms with Crippen molar-refractivity contribution >= 4 is 7.60 Å². The first-order valence-corrected chi connectivity index (χ1v) is 7.65. The predicted octanol–water partition coefficient (Wildman–Crippen LogP) is 2.65. The van der Waals surface area contributed by atoms with E-state index in [2.05, 4.69) is 17.4 Å². The second kappa shape index (κ2) is 7.62. The molecule has 0 fully saturated rings. The molecule has 0 bridgehead atoms. The highest BCUT2D eigenvalue weighted by molar-refractivity contribution is 7.52. The lowest BCUT2D eigenvalue weighted by atomic mass is 10.2. The summed E-state index contributed by atoms with van der Waals surface area (Å²) < 4.78 is 21.2. The zero-order chi connectivity index (χ0) is 12.6. The Hall–Kier alpha value is -0.670. The van der Waals surface area contributed by atoms with Gasteiger partial charge in [0.1, 0.15) is 0 Å². The number of benzene rings is 1. The maximum atomic E-state index is 11.4. The summed E-state index contributed by atoms with van der Waals surface area (Å²) in [6, 6.07) is 10.2. The summed E-state index contributed by atoms with van der Waals surface area (Å²) in [5, 5.41) is 3.30. The molecule has 0 aliphatic carbocycles. The van der Waals surface area contributed by atoms with Gasteiger partial charge in [-0.2, -0.15) is 0 Å². The van der Waals surface area contributed by atoms with Crippen molar-refractivity contribution in [3.05, 3.63) is 35.9 Å². The molecule has 17 heavy (non-hydrogen) atoms. The van der Waals surface area contributed by atoms with E-state index in [9.17, 15) is 4.57 Å². The van der Waals surface area contributed by atoms with Gasteiger partial charge in [-0.3, -0.25) is 4.57 Å². The van der Waals surface area contributed by atoms with Crippen LogP contribution in [0.5, 0.6) is 0 Å². The van der Waals surface area contributed by atoms with Crippen molar-refractivity contribution in [2.24, 2.45) is 0 Å². The smallest absolute Gasteiger partial charge is 0.313 e. The van der Waals surface area contributed by atoms with Crippen LogP contribution in [0.3, 0.4) is 0 Å². The zero-order valence-electron chi connectivity index (χ0n) is 10.4. The molecular formula is C12H20NO3P. The van der Waals surface area contributed by atoms with Gasteiger partial charge in [-0.15, -0.1) is 0 Å². The molecule has 0 radical (unpaired) electrons. The van der Waals surface area contributed by atoms with Crippen molar-refractivity contribution in [3.8, 4) is 0 Å². The lowest BCUT2D eigenvalue weighted by Crippen LogP contribution is -2.16. The maximum Gasteiger partial charge on any atom is 0.327 e. The first kappa shape index (κ1) is 14.4. The number of hydrogen-bond donors (Lipinski definition) is 1. The Bertz CT molecular complexity index is 356. The molecule has 0 saturated carbocycles. The van der Waals surface area contributed by atoms with Crippen LogP contribution in [0.4, 0.5) is 0 Å². The van der Waals surface area contributed by atoms with Crippen LogP contribution in [0.1, 0.15) is 12.0 Å². The van der Waals surface area contributed by atoms with Crippen molar-refractivity contribution in [2.75, 3.05) is 26.9 Å². The lowest BCUT2D eigenvalue weighted by Gasteiger charge is -2.11. The molecule has 0 aromatic heterocycles. The minimum absolute atomic E-state index is 0.448. The second-order valence-corrected chi connectivity index (χ2v) is 5.97. The molecule has 0 heterocycles. The summed E-state index contributed by atoms with van der Waals surface area (Å²) in [5.74, 6) is 0. The van der Waals surface area contributed by atoms with Crippen LogP contribution >= 0.6 is 7.60 Å².